The Hall–Kier alpha value is -2.08. The molecule has 1 atom stereocenters. The molecule has 3 aromatic rings. The molecule has 0 fully saturated rings. The Labute approximate surface area is 198 Å². The molecule has 1 heterocycles. The quantitative estimate of drug-likeness (QED) is 0.404. The summed E-state index contributed by atoms with van der Waals surface area (Å²) in [5.41, 5.74) is 0.951. The summed E-state index contributed by atoms with van der Waals surface area (Å²) in [5.74, 6) is 0.694. The van der Waals surface area contributed by atoms with Crippen molar-refractivity contribution in [2.45, 2.75) is 46.2 Å². The summed E-state index contributed by atoms with van der Waals surface area (Å²) < 4.78 is 1.85. The van der Waals surface area contributed by atoms with Crippen molar-refractivity contribution in [1.82, 2.24) is 20.2 Å². The van der Waals surface area contributed by atoms with Crippen LogP contribution in [0.2, 0.25) is 15.1 Å². The summed E-state index contributed by atoms with van der Waals surface area (Å²) in [4.78, 5) is 0. The number of halogens is 3. The number of para-hydroxylation sites is 1. The molecule has 31 heavy (non-hydrogen) atoms. The lowest BCUT2D eigenvalue weighted by Gasteiger charge is -2.33. The molecule has 1 N–H and O–H groups in total. The van der Waals surface area contributed by atoms with Crippen LogP contribution < -0.4 is 5.32 Å². The molecule has 0 aliphatic carbocycles. The molecule has 0 aliphatic rings. The second-order valence-electron chi connectivity index (χ2n) is 9.01. The molecule has 0 saturated carbocycles. The van der Waals surface area contributed by atoms with Crippen molar-refractivity contribution >= 4 is 46.6 Å². The molecule has 0 saturated heterocycles. The minimum Gasteiger partial charge on any atom is -0.372 e. The summed E-state index contributed by atoms with van der Waals surface area (Å²) in [5, 5.41) is 18.0. The normalized spacial score (nSPS) is 13.5. The minimum atomic E-state index is -0.580. The second kappa shape index (κ2) is 9.19. The maximum Gasteiger partial charge on any atom is 0.176 e. The minimum absolute atomic E-state index is 0.128. The van der Waals surface area contributed by atoms with E-state index >= 15 is 0 Å². The first-order valence-electron chi connectivity index (χ1n) is 9.93. The fourth-order valence-corrected chi connectivity index (χ4v) is 3.97. The van der Waals surface area contributed by atoms with Gasteiger partial charge in [-0.2, -0.15) is 0 Å². The van der Waals surface area contributed by atoms with Crippen LogP contribution in [0.5, 0.6) is 0 Å². The number of anilines is 1. The standard InChI is InChI=1S/C23H26Cl3N5/c1-22(2,3)20(13-11-15-10-12-16(24)14-18(15)26)31-21(28-29-30-31)23(4,5)27-19-9-7-6-8-17(19)25/h6-14,20,27H,1-5H3/b13-11-/t20-/m0/s1. The van der Waals surface area contributed by atoms with E-state index in [1.165, 1.54) is 0 Å². The smallest absolute Gasteiger partial charge is 0.176 e. The number of nitrogens with one attached hydrogen (secondary N) is 1. The van der Waals surface area contributed by atoms with Crippen molar-refractivity contribution in [3.05, 3.63) is 75.0 Å². The number of hydrogen-bond donors (Lipinski definition) is 1. The lowest BCUT2D eigenvalue weighted by molar-refractivity contribution is 0.258. The maximum absolute atomic E-state index is 6.36. The highest BCUT2D eigenvalue weighted by atomic mass is 35.5. The third-order valence-corrected chi connectivity index (χ3v) is 5.84. The third-order valence-electron chi connectivity index (χ3n) is 4.94. The first-order valence-corrected chi connectivity index (χ1v) is 11.1. The van der Waals surface area contributed by atoms with Gasteiger partial charge in [-0.15, -0.1) is 5.10 Å². The first-order chi connectivity index (χ1) is 14.5. The monoisotopic (exact) mass is 477 g/mol. The number of hydrogen-bond acceptors (Lipinski definition) is 4. The number of rotatable bonds is 6. The van der Waals surface area contributed by atoms with Gasteiger partial charge in [-0.25, -0.2) is 4.68 Å². The first kappa shape index (κ1) is 23.6. The van der Waals surface area contributed by atoms with E-state index in [0.717, 1.165) is 11.3 Å². The lowest BCUT2D eigenvalue weighted by Crippen LogP contribution is -2.35. The average Bonchev–Trinajstić information content (AvgIpc) is 3.14. The highest BCUT2D eigenvalue weighted by Gasteiger charge is 2.34. The summed E-state index contributed by atoms with van der Waals surface area (Å²) in [7, 11) is 0. The van der Waals surface area contributed by atoms with Crippen LogP contribution >= 0.6 is 34.8 Å². The molecule has 164 valence electrons. The SMILES string of the molecule is CC(C)(Nc1ccccc1Cl)c1nnnn1[C@@H](/C=C\c1ccc(Cl)cc1Cl)C(C)(C)C. The number of allylic oxidation sites excluding steroid dienone is 1. The van der Waals surface area contributed by atoms with Gasteiger partial charge in [0.15, 0.2) is 5.82 Å². The Kier molecular flexibility index (Phi) is 6.99. The second-order valence-corrected chi connectivity index (χ2v) is 10.3. The number of nitrogens with zero attached hydrogens (tertiary/aromatic N) is 4. The van der Waals surface area contributed by atoms with Gasteiger partial charge < -0.3 is 5.32 Å². The van der Waals surface area contributed by atoms with E-state index in [1.807, 2.05) is 61.0 Å². The molecular weight excluding hydrogens is 453 g/mol. The largest absolute Gasteiger partial charge is 0.372 e. The summed E-state index contributed by atoms with van der Waals surface area (Å²) in [6.07, 6.45) is 4.05. The molecule has 5 nitrogen and oxygen atoms in total. The van der Waals surface area contributed by atoms with Crippen LogP contribution in [0.3, 0.4) is 0 Å². The molecule has 1 aromatic heterocycles. The predicted octanol–water partition coefficient (Wildman–Crippen LogP) is 7.28. The van der Waals surface area contributed by atoms with Gasteiger partial charge in [0.2, 0.25) is 0 Å². The molecule has 8 heteroatoms. The molecule has 2 aromatic carbocycles. The van der Waals surface area contributed by atoms with Crippen LogP contribution in [0.15, 0.2) is 48.5 Å². The molecular formula is C23H26Cl3N5. The van der Waals surface area contributed by atoms with E-state index in [-0.39, 0.29) is 11.5 Å². The fraction of sp³-hybridized carbons (Fsp3) is 0.348. The van der Waals surface area contributed by atoms with E-state index in [9.17, 15) is 0 Å². The van der Waals surface area contributed by atoms with E-state index in [4.69, 9.17) is 34.8 Å². The molecule has 0 unspecified atom stereocenters. The van der Waals surface area contributed by atoms with Gasteiger partial charge in [-0.3, -0.25) is 0 Å². The third kappa shape index (κ3) is 5.59. The van der Waals surface area contributed by atoms with Crippen molar-refractivity contribution in [1.29, 1.82) is 0 Å². The van der Waals surface area contributed by atoms with Crippen LogP contribution in [0, 0.1) is 5.41 Å². The van der Waals surface area contributed by atoms with Crippen LogP contribution in [-0.4, -0.2) is 20.2 Å². The number of aromatic nitrogens is 4. The van der Waals surface area contributed by atoms with Gasteiger partial charge in [0.1, 0.15) is 0 Å². The molecule has 0 aliphatic heterocycles. The van der Waals surface area contributed by atoms with Gasteiger partial charge in [0.05, 0.1) is 22.3 Å². The van der Waals surface area contributed by atoms with Crippen molar-refractivity contribution in [3.63, 3.8) is 0 Å². The Morgan fingerprint density at radius 3 is 2.32 bits per heavy atom. The molecule has 0 spiro atoms. The molecule has 0 amide bonds. The van der Waals surface area contributed by atoms with Gasteiger partial charge in [-0.1, -0.05) is 85.9 Å². The van der Waals surface area contributed by atoms with Gasteiger partial charge in [-0.05, 0) is 59.5 Å². The van der Waals surface area contributed by atoms with Crippen LogP contribution in [-0.2, 0) is 5.54 Å². The number of tetrazole rings is 1. The Balaban J connectivity index is 1.98. The lowest BCUT2D eigenvalue weighted by atomic mass is 9.85. The molecule has 3 rings (SSSR count). The summed E-state index contributed by atoms with van der Waals surface area (Å²) in [6.45, 7) is 10.5. The number of benzene rings is 2. The van der Waals surface area contributed by atoms with Crippen molar-refractivity contribution in [3.8, 4) is 0 Å². The Bertz CT molecular complexity index is 1080. The zero-order valence-corrected chi connectivity index (χ0v) is 20.5. The van der Waals surface area contributed by atoms with E-state index < -0.39 is 5.54 Å². The van der Waals surface area contributed by atoms with Crippen LogP contribution in [0.1, 0.15) is 52.0 Å². The average molecular weight is 479 g/mol. The van der Waals surface area contributed by atoms with Crippen molar-refractivity contribution in [2.24, 2.45) is 5.41 Å². The zero-order chi connectivity index (χ0) is 22.8. The zero-order valence-electron chi connectivity index (χ0n) is 18.2. The highest BCUT2D eigenvalue weighted by Crippen LogP contribution is 2.36. The van der Waals surface area contributed by atoms with Crippen molar-refractivity contribution in [2.75, 3.05) is 5.32 Å². The van der Waals surface area contributed by atoms with Gasteiger partial charge in [0.25, 0.3) is 0 Å². The van der Waals surface area contributed by atoms with E-state index in [0.29, 0.717) is 20.9 Å². The molecule has 0 bridgehead atoms. The van der Waals surface area contributed by atoms with Crippen LogP contribution in [0.4, 0.5) is 5.69 Å². The van der Waals surface area contributed by atoms with E-state index in [2.05, 4.69) is 47.7 Å². The maximum atomic E-state index is 6.36. The van der Waals surface area contributed by atoms with Gasteiger partial charge in [0, 0.05) is 10.0 Å². The van der Waals surface area contributed by atoms with E-state index in [1.54, 1.807) is 6.07 Å². The summed E-state index contributed by atoms with van der Waals surface area (Å²) >= 11 is 18.7. The molecule has 0 radical (unpaired) electrons. The topological polar surface area (TPSA) is 55.6 Å². The Morgan fingerprint density at radius 2 is 1.68 bits per heavy atom. The highest BCUT2D eigenvalue weighted by molar-refractivity contribution is 6.35. The fourth-order valence-electron chi connectivity index (χ4n) is 3.32. The van der Waals surface area contributed by atoms with Crippen molar-refractivity contribution < 1.29 is 0 Å². The summed E-state index contributed by atoms with van der Waals surface area (Å²) in [6, 6.07) is 12.9. The predicted molar refractivity (Wildman–Crippen MR) is 130 cm³/mol. The van der Waals surface area contributed by atoms with Crippen LogP contribution in [0.25, 0.3) is 6.08 Å². The van der Waals surface area contributed by atoms with Gasteiger partial charge >= 0.3 is 0 Å². The Morgan fingerprint density at radius 1 is 0.968 bits per heavy atom.